The number of aromatic nitrogens is 1. The lowest BCUT2D eigenvalue weighted by Gasteiger charge is -2.41. The third-order valence-corrected chi connectivity index (χ3v) is 5.15. The molecule has 4 nitrogen and oxygen atoms in total. The van der Waals surface area contributed by atoms with E-state index in [4.69, 9.17) is 4.74 Å². The van der Waals surface area contributed by atoms with E-state index in [1.54, 1.807) is 0 Å². The summed E-state index contributed by atoms with van der Waals surface area (Å²) in [5.74, 6) is 1.79. The summed E-state index contributed by atoms with van der Waals surface area (Å²) in [4.78, 5) is 9.56. The molecule has 0 saturated carbocycles. The Kier molecular flexibility index (Phi) is 5.32. The number of aryl methyl sites for hydroxylation is 1. The van der Waals surface area contributed by atoms with Crippen LogP contribution in [0.1, 0.15) is 32.3 Å². The van der Waals surface area contributed by atoms with Crippen molar-refractivity contribution in [1.82, 2.24) is 9.88 Å². The van der Waals surface area contributed by atoms with Crippen LogP contribution in [0.2, 0.25) is 0 Å². The van der Waals surface area contributed by atoms with Gasteiger partial charge in [0, 0.05) is 25.8 Å². The van der Waals surface area contributed by atoms with Crippen LogP contribution in [0.25, 0.3) is 0 Å². The molecule has 3 rings (SSSR count). The molecule has 2 saturated heterocycles. The maximum absolute atomic E-state index is 6.12. The molecule has 22 heavy (non-hydrogen) atoms. The fourth-order valence-electron chi connectivity index (χ4n) is 3.70. The average Bonchev–Trinajstić information content (AvgIpc) is 2.62. The van der Waals surface area contributed by atoms with Gasteiger partial charge in [0.1, 0.15) is 5.82 Å². The molecule has 2 aliphatic rings. The Morgan fingerprint density at radius 1 is 1.27 bits per heavy atom. The van der Waals surface area contributed by atoms with Crippen LogP contribution in [-0.2, 0) is 11.2 Å². The van der Waals surface area contributed by atoms with E-state index in [1.165, 1.54) is 31.5 Å². The van der Waals surface area contributed by atoms with Crippen LogP contribution in [0.4, 0.5) is 5.82 Å². The predicted octanol–water partition coefficient (Wildman–Crippen LogP) is 2.58. The van der Waals surface area contributed by atoms with Crippen molar-refractivity contribution < 1.29 is 4.74 Å². The molecule has 0 aliphatic carbocycles. The first kappa shape index (κ1) is 15.8. The van der Waals surface area contributed by atoms with E-state index < -0.39 is 0 Å². The zero-order valence-electron chi connectivity index (χ0n) is 14.0. The van der Waals surface area contributed by atoms with E-state index in [9.17, 15) is 0 Å². The minimum atomic E-state index is 0.357. The fourth-order valence-corrected chi connectivity index (χ4v) is 3.70. The summed E-state index contributed by atoms with van der Waals surface area (Å²) >= 11 is 0. The number of morpholine rings is 1. The van der Waals surface area contributed by atoms with Gasteiger partial charge in [-0.25, -0.2) is 4.98 Å². The van der Waals surface area contributed by atoms with Gasteiger partial charge in [0.05, 0.1) is 12.7 Å². The summed E-state index contributed by atoms with van der Waals surface area (Å²) in [5, 5.41) is 0. The lowest BCUT2D eigenvalue weighted by molar-refractivity contribution is -0.0216. The van der Waals surface area contributed by atoms with Crippen molar-refractivity contribution in [3.63, 3.8) is 0 Å². The molecule has 2 aliphatic heterocycles. The number of likely N-dealkylation sites (tertiary alicyclic amines) is 1. The van der Waals surface area contributed by atoms with Gasteiger partial charge >= 0.3 is 0 Å². The van der Waals surface area contributed by atoms with Gasteiger partial charge in [-0.1, -0.05) is 13.8 Å². The summed E-state index contributed by atoms with van der Waals surface area (Å²) in [7, 11) is 0. The largest absolute Gasteiger partial charge is 0.374 e. The molecule has 0 bridgehead atoms. The smallest absolute Gasteiger partial charge is 0.128 e. The van der Waals surface area contributed by atoms with Gasteiger partial charge in [-0.2, -0.15) is 0 Å². The third-order valence-electron chi connectivity index (χ3n) is 5.15. The van der Waals surface area contributed by atoms with Gasteiger partial charge in [-0.05, 0) is 56.0 Å². The highest BCUT2D eigenvalue weighted by molar-refractivity contribution is 5.41. The first-order valence-electron chi connectivity index (χ1n) is 8.84. The second-order valence-corrected chi connectivity index (χ2v) is 6.53. The van der Waals surface area contributed by atoms with Gasteiger partial charge in [0.25, 0.3) is 0 Å². The number of ether oxygens (including phenoxy) is 1. The monoisotopic (exact) mass is 303 g/mol. The Morgan fingerprint density at radius 3 is 3.00 bits per heavy atom. The van der Waals surface area contributed by atoms with Crippen LogP contribution in [0.15, 0.2) is 18.3 Å². The average molecular weight is 303 g/mol. The molecule has 122 valence electrons. The summed E-state index contributed by atoms with van der Waals surface area (Å²) in [6.07, 6.45) is 5.98. The number of hydrogen-bond donors (Lipinski definition) is 0. The van der Waals surface area contributed by atoms with Crippen molar-refractivity contribution in [2.24, 2.45) is 5.92 Å². The Balaban J connectivity index is 1.65. The number of nitrogens with zero attached hydrogens (tertiary/aromatic N) is 3. The minimum Gasteiger partial charge on any atom is -0.374 e. The molecule has 0 amide bonds. The Bertz CT molecular complexity index is 479. The predicted molar refractivity (Wildman–Crippen MR) is 90.4 cm³/mol. The zero-order valence-corrected chi connectivity index (χ0v) is 14.0. The van der Waals surface area contributed by atoms with Gasteiger partial charge in [0.2, 0.25) is 0 Å². The Hall–Kier alpha value is -1.13. The SMILES string of the molecule is CCc1ccnc(N2CCOC(C3CCCN(CC)C3)C2)c1. The first-order chi connectivity index (χ1) is 10.8. The molecule has 2 fully saturated rings. The summed E-state index contributed by atoms with van der Waals surface area (Å²) in [5.41, 5.74) is 1.36. The van der Waals surface area contributed by atoms with E-state index in [1.807, 2.05) is 6.20 Å². The van der Waals surface area contributed by atoms with Gasteiger partial charge in [0.15, 0.2) is 0 Å². The maximum atomic E-state index is 6.12. The van der Waals surface area contributed by atoms with E-state index >= 15 is 0 Å². The zero-order chi connectivity index (χ0) is 15.4. The first-order valence-corrected chi connectivity index (χ1v) is 8.84. The van der Waals surface area contributed by atoms with Crippen molar-refractivity contribution >= 4 is 5.82 Å². The molecule has 3 heterocycles. The van der Waals surface area contributed by atoms with E-state index in [-0.39, 0.29) is 0 Å². The molecular weight excluding hydrogens is 274 g/mol. The molecule has 0 N–H and O–H groups in total. The lowest BCUT2D eigenvalue weighted by Crippen LogP contribution is -2.50. The fraction of sp³-hybridized carbons (Fsp3) is 0.722. The molecule has 0 radical (unpaired) electrons. The van der Waals surface area contributed by atoms with E-state index in [0.29, 0.717) is 12.0 Å². The van der Waals surface area contributed by atoms with Crippen LogP contribution < -0.4 is 4.90 Å². The molecule has 2 unspecified atom stereocenters. The minimum absolute atomic E-state index is 0.357. The molecule has 0 aromatic carbocycles. The van der Waals surface area contributed by atoms with Gasteiger partial charge < -0.3 is 14.5 Å². The van der Waals surface area contributed by atoms with Crippen molar-refractivity contribution in [3.8, 4) is 0 Å². The molecule has 1 aromatic rings. The summed E-state index contributed by atoms with van der Waals surface area (Å²) < 4.78 is 6.12. The van der Waals surface area contributed by atoms with Crippen LogP contribution in [-0.4, -0.2) is 55.3 Å². The van der Waals surface area contributed by atoms with Crippen LogP contribution in [0, 0.1) is 5.92 Å². The Labute approximate surface area is 134 Å². The lowest BCUT2D eigenvalue weighted by atomic mass is 9.91. The number of rotatable bonds is 4. The van der Waals surface area contributed by atoms with Crippen LogP contribution >= 0.6 is 0 Å². The van der Waals surface area contributed by atoms with E-state index in [2.05, 4.69) is 40.8 Å². The molecular formula is C18H29N3O. The highest BCUT2D eigenvalue weighted by Crippen LogP contribution is 2.26. The highest BCUT2D eigenvalue weighted by Gasteiger charge is 2.31. The second-order valence-electron chi connectivity index (χ2n) is 6.53. The molecule has 1 aromatic heterocycles. The molecule has 4 heteroatoms. The second kappa shape index (κ2) is 7.42. The van der Waals surface area contributed by atoms with Crippen molar-refractivity contribution in [1.29, 1.82) is 0 Å². The third kappa shape index (κ3) is 3.61. The Morgan fingerprint density at radius 2 is 2.18 bits per heavy atom. The number of hydrogen-bond acceptors (Lipinski definition) is 4. The van der Waals surface area contributed by atoms with Crippen molar-refractivity contribution in [2.45, 2.75) is 39.2 Å². The molecule has 2 atom stereocenters. The highest BCUT2D eigenvalue weighted by atomic mass is 16.5. The topological polar surface area (TPSA) is 28.6 Å². The number of anilines is 1. The number of piperidine rings is 1. The van der Waals surface area contributed by atoms with Crippen molar-refractivity contribution in [3.05, 3.63) is 23.9 Å². The van der Waals surface area contributed by atoms with Crippen molar-refractivity contribution in [2.75, 3.05) is 44.2 Å². The number of pyridine rings is 1. The summed E-state index contributed by atoms with van der Waals surface area (Å²) in [6, 6.07) is 4.35. The summed E-state index contributed by atoms with van der Waals surface area (Å²) in [6.45, 7) is 10.8. The maximum Gasteiger partial charge on any atom is 0.128 e. The van der Waals surface area contributed by atoms with Gasteiger partial charge in [-0.3, -0.25) is 0 Å². The molecule has 0 spiro atoms. The standard InChI is InChI=1S/C18H29N3O/c1-3-15-7-8-19-18(12-15)21-10-11-22-17(14-21)16-6-5-9-20(4-2)13-16/h7-8,12,16-17H,3-6,9-11,13-14H2,1-2H3. The van der Waals surface area contributed by atoms with Crippen LogP contribution in [0.3, 0.4) is 0 Å². The van der Waals surface area contributed by atoms with E-state index in [0.717, 1.165) is 38.5 Å². The van der Waals surface area contributed by atoms with Crippen LogP contribution in [0.5, 0.6) is 0 Å². The van der Waals surface area contributed by atoms with Gasteiger partial charge in [-0.15, -0.1) is 0 Å². The quantitative estimate of drug-likeness (QED) is 0.855. The normalized spacial score (nSPS) is 27.1.